The predicted molar refractivity (Wildman–Crippen MR) is 68.6 cm³/mol. The van der Waals surface area contributed by atoms with Crippen molar-refractivity contribution in [3.05, 3.63) is 29.8 Å². The van der Waals surface area contributed by atoms with E-state index in [-0.39, 0.29) is 12.4 Å². The summed E-state index contributed by atoms with van der Waals surface area (Å²) in [6.45, 7) is 1.48. The van der Waals surface area contributed by atoms with Crippen molar-refractivity contribution in [2.45, 2.75) is 44.7 Å². The van der Waals surface area contributed by atoms with Crippen molar-refractivity contribution in [3.8, 4) is 0 Å². The molecule has 1 aromatic rings. The summed E-state index contributed by atoms with van der Waals surface area (Å²) in [4.78, 5) is 6.14. The van der Waals surface area contributed by atoms with Crippen LogP contribution in [0.25, 0.3) is 0 Å². The molecule has 0 aliphatic heterocycles. The van der Waals surface area contributed by atoms with Gasteiger partial charge in [-0.3, -0.25) is 9.88 Å². The fourth-order valence-electron chi connectivity index (χ4n) is 2.74. The van der Waals surface area contributed by atoms with E-state index in [2.05, 4.69) is 9.88 Å². The number of rotatable bonds is 5. The average Bonchev–Trinajstić information content (AvgIpc) is 2.39. The van der Waals surface area contributed by atoms with E-state index in [1.54, 1.807) is 6.20 Å². The molecule has 0 amide bonds. The third-order valence-corrected chi connectivity index (χ3v) is 3.63. The van der Waals surface area contributed by atoms with Crippen molar-refractivity contribution in [1.82, 2.24) is 9.88 Å². The molecule has 1 fully saturated rings. The molecule has 1 saturated carbocycles. The van der Waals surface area contributed by atoms with Gasteiger partial charge in [0, 0.05) is 25.3 Å². The standard InChI is InChI=1S/C14H21FN2O/c15-13-8-12(9-16-10-13)11-17(6-7-18)14-4-2-1-3-5-14/h8-10,14,18H,1-7,11H2. The quantitative estimate of drug-likeness (QED) is 0.874. The van der Waals surface area contributed by atoms with E-state index in [0.29, 0.717) is 19.1 Å². The lowest BCUT2D eigenvalue weighted by molar-refractivity contribution is 0.117. The van der Waals surface area contributed by atoms with Crippen LogP contribution in [0.5, 0.6) is 0 Å². The molecule has 1 heterocycles. The van der Waals surface area contributed by atoms with Crippen LogP contribution in [0.3, 0.4) is 0 Å². The van der Waals surface area contributed by atoms with Crippen molar-refractivity contribution in [3.63, 3.8) is 0 Å². The van der Waals surface area contributed by atoms with Crippen LogP contribution in [-0.2, 0) is 6.54 Å². The number of aliphatic hydroxyl groups excluding tert-OH is 1. The van der Waals surface area contributed by atoms with Crippen molar-refractivity contribution >= 4 is 0 Å². The van der Waals surface area contributed by atoms with Crippen LogP contribution in [0.15, 0.2) is 18.5 Å². The Labute approximate surface area is 108 Å². The molecular weight excluding hydrogens is 231 g/mol. The Morgan fingerprint density at radius 2 is 2.06 bits per heavy atom. The summed E-state index contributed by atoms with van der Waals surface area (Å²) in [5.74, 6) is -0.292. The number of aliphatic hydroxyl groups is 1. The zero-order valence-electron chi connectivity index (χ0n) is 10.7. The summed E-state index contributed by atoms with van der Waals surface area (Å²) in [5.41, 5.74) is 0.883. The van der Waals surface area contributed by atoms with Gasteiger partial charge in [0.1, 0.15) is 5.82 Å². The van der Waals surface area contributed by atoms with E-state index in [1.165, 1.54) is 44.4 Å². The molecule has 0 radical (unpaired) electrons. The monoisotopic (exact) mass is 252 g/mol. The minimum absolute atomic E-state index is 0.152. The van der Waals surface area contributed by atoms with Crippen LogP contribution < -0.4 is 0 Å². The molecule has 4 heteroatoms. The Kier molecular flexibility index (Phi) is 5.08. The predicted octanol–water partition coefficient (Wildman–Crippen LogP) is 2.35. The summed E-state index contributed by atoms with van der Waals surface area (Å²) in [6, 6.07) is 2.05. The van der Waals surface area contributed by atoms with E-state index in [1.807, 2.05) is 0 Å². The molecule has 0 spiro atoms. The lowest BCUT2D eigenvalue weighted by Gasteiger charge is -2.33. The average molecular weight is 252 g/mol. The van der Waals surface area contributed by atoms with Gasteiger partial charge in [-0.2, -0.15) is 0 Å². The van der Waals surface area contributed by atoms with Gasteiger partial charge in [-0.05, 0) is 24.5 Å². The molecular formula is C14H21FN2O. The van der Waals surface area contributed by atoms with Crippen molar-refractivity contribution in [2.75, 3.05) is 13.2 Å². The highest BCUT2D eigenvalue weighted by Crippen LogP contribution is 2.23. The first-order chi connectivity index (χ1) is 8.79. The summed E-state index contributed by atoms with van der Waals surface area (Å²) in [6.07, 6.45) is 9.12. The highest BCUT2D eigenvalue weighted by molar-refractivity contribution is 5.10. The molecule has 2 rings (SSSR count). The summed E-state index contributed by atoms with van der Waals surface area (Å²) in [7, 11) is 0. The maximum atomic E-state index is 13.1. The van der Waals surface area contributed by atoms with Gasteiger partial charge in [0.25, 0.3) is 0 Å². The molecule has 18 heavy (non-hydrogen) atoms. The zero-order valence-corrected chi connectivity index (χ0v) is 10.7. The summed E-state index contributed by atoms with van der Waals surface area (Å²) in [5, 5.41) is 9.17. The topological polar surface area (TPSA) is 36.4 Å². The fraction of sp³-hybridized carbons (Fsp3) is 0.643. The molecule has 1 N–H and O–H groups in total. The van der Waals surface area contributed by atoms with Crippen LogP contribution in [0.4, 0.5) is 4.39 Å². The molecule has 1 aliphatic carbocycles. The van der Waals surface area contributed by atoms with Gasteiger partial charge in [0.15, 0.2) is 0 Å². The molecule has 1 aromatic heterocycles. The molecule has 0 bridgehead atoms. The number of hydrogen-bond acceptors (Lipinski definition) is 3. The Bertz CT molecular complexity index is 367. The minimum Gasteiger partial charge on any atom is -0.395 e. The van der Waals surface area contributed by atoms with Crippen LogP contribution in [0.1, 0.15) is 37.7 Å². The highest BCUT2D eigenvalue weighted by Gasteiger charge is 2.20. The second-order valence-corrected chi connectivity index (χ2v) is 5.00. The number of halogens is 1. The van der Waals surface area contributed by atoms with Crippen LogP contribution >= 0.6 is 0 Å². The summed E-state index contributed by atoms with van der Waals surface area (Å²) >= 11 is 0. The maximum absolute atomic E-state index is 13.1. The molecule has 3 nitrogen and oxygen atoms in total. The van der Waals surface area contributed by atoms with E-state index in [9.17, 15) is 4.39 Å². The second-order valence-electron chi connectivity index (χ2n) is 5.00. The molecule has 0 unspecified atom stereocenters. The number of aromatic nitrogens is 1. The SMILES string of the molecule is OCCN(Cc1cncc(F)c1)C1CCCCC1. The second kappa shape index (κ2) is 6.81. The first-order valence-corrected chi connectivity index (χ1v) is 6.74. The third-order valence-electron chi connectivity index (χ3n) is 3.63. The normalized spacial score (nSPS) is 17.3. The van der Waals surface area contributed by atoms with Gasteiger partial charge in [0.05, 0.1) is 12.8 Å². The Balaban J connectivity index is 2.00. The lowest BCUT2D eigenvalue weighted by atomic mass is 9.94. The molecule has 100 valence electrons. The van der Waals surface area contributed by atoms with Gasteiger partial charge in [0.2, 0.25) is 0 Å². The van der Waals surface area contributed by atoms with Crippen molar-refractivity contribution in [1.29, 1.82) is 0 Å². The van der Waals surface area contributed by atoms with E-state index in [4.69, 9.17) is 5.11 Å². The van der Waals surface area contributed by atoms with Crippen molar-refractivity contribution in [2.24, 2.45) is 0 Å². The smallest absolute Gasteiger partial charge is 0.141 e. The van der Waals surface area contributed by atoms with Gasteiger partial charge in [-0.15, -0.1) is 0 Å². The van der Waals surface area contributed by atoms with E-state index >= 15 is 0 Å². The fourth-order valence-corrected chi connectivity index (χ4v) is 2.74. The van der Waals surface area contributed by atoms with Gasteiger partial charge in [-0.25, -0.2) is 4.39 Å². The molecule has 0 aromatic carbocycles. The largest absolute Gasteiger partial charge is 0.395 e. The van der Waals surface area contributed by atoms with E-state index in [0.717, 1.165) is 5.56 Å². The number of hydrogen-bond donors (Lipinski definition) is 1. The highest BCUT2D eigenvalue weighted by atomic mass is 19.1. The van der Waals surface area contributed by atoms with Crippen LogP contribution in [-0.4, -0.2) is 34.2 Å². The van der Waals surface area contributed by atoms with Crippen molar-refractivity contribution < 1.29 is 9.50 Å². The van der Waals surface area contributed by atoms with Gasteiger partial charge in [-0.1, -0.05) is 19.3 Å². The Hall–Kier alpha value is -1.00. The lowest BCUT2D eigenvalue weighted by Crippen LogP contribution is -2.38. The maximum Gasteiger partial charge on any atom is 0.141 e. The number of pyridine rings is 1. The molecule has 1 aliphatic rings. The zero-order chi connectivity index (χ0) is 12.8. The Morgan fingerprint density at radius 1 is 1.28 bits per heavy atom. The first kappa shape index (κ1) is 13.4. The molecule has 0 atom stereocenters. The third kappa shape index (κ3) is 3.75. The first-order valence-electron chi connectivity index (χ1n) is 6.74. The van der Waals surface area contributed by atoms with Gasteiger partial charge < -0.3 is 5.11 Å². The minimum atomic E-state index is -0.292. The Morgan fingerprint density at radius 3 is 2.72 bits per heavy atom. The van der Waals surface area contributed by atoms with E-state index < -0.39 is 0 Å². The van der Waals surface area contributed by atoms with Gasteiger partial charge >= 0.3 is 0 Å². The summed E-state index contributed by atoms with van der Waals surface area (Å²) < 4.78 is 13.1. The molecule has 0 saturated heterocycles. The van der Waals surface area contributed by atoms with Crippen LogP contribution in [0, 0.1) is 5.82 Å². The number of nitrogens with zero attached hydrogens (tertiary/aromatic N) is 2. The van der Waals surface area contributed by atoms with Crippen LogP contribution in [0.2, 0.25) is 0 Å².